The summed E-state index contributed by atoms with van der Waals surface area (Å²) in [4.78, 5) is 42.4. The molecule has 0 aromatic heterocycles. The van der Waals surface area contributed by atoms with Gasteiger partial charge in [-0.25, -0.2) is 4.79 Å². The number of hydrogen-bond donors (Lipinski definition) is 3. The number of aryl methyl sites for hydroxylation is 1. The highest BCUT2D eigenvalue weighted by Gasteiger charge is 2.36. The van der Waals surface area contributed by atoms with E-state index in [1.807, 2.05) is 19.2 Å². The summed E-state index contributed by atoms with van der Waals surface area (Å²) in [6.45, 7) is 9.45. The van der Waals surface area contributed by atoms with Crippen LogP contribution in [0, 0.1) is 6.92 Å². The van der Waals surface area contributed by atoms with Crippen LogP contribution in [0.25, 0.3) is 0 Å². The maximum Gasteiger partial charge on any atom is 0.408 e. The average Bonchev–Trinajstić information content (AvgIpc) is 2.87. The summed E-state index contributed by atoms with van der Waals surface area (Å²) in [5, 5.41) is 16.0. The Morgan fingerprint density at radius 1 is 1.10 bits per heavy atom. The van der Waals surface area contributed by atoms with Gasteiger partial charge in [0.15, 0.2) is 0 Å². The van der Waals surface area contributed by atoms with Gasteiger partial charge in [-0.2, -0.15) is 11.8 Å². The molecule has 2 aromatic rings. The van der Waals surface area contributed by atoms with E-state index in [0.29, 0.717) is 41.4 Å². The Morgan fingerprint density at radius 3 is 2.35 bits per heavy atom. The molecule has 0 heterocycles. The number of rotatable bonds is 13. The fourth-order valence-corrected chi connectivity index (χ4v) is 4.89. The van der Waals surface area contributed by atoms with Gasteiger partial charge in [0, 0.05) is 6.54 Å². The molecule has 40 heavy (non-hydrogen) atoms. The lowest BCUT2D eigenvalue weighted by molar-refractivity contribution is -0.141. The van der Waals surface area contributed by atoms with Gasteiger partial charge in [0.05, 0.1) is 10.7 Å². The lowest BCUT2D eigenvalue weighted by atomic mass is 10.0. The van der Waals surface area contributed by atoms with Gasteiger partial charge in [-0.3, -0.25) is 9.59 Å². The first kappa shape index (κ1) is 33.3. The number of carbonyl (C=O) groups excluding carboxylic acids is 3. The van der Waals surface area contributed by atoms with E-state index in [9.17, 15) is 19.5 Å². The van der Waals surface area contributed by atoms with E-state index in [-0.39, 0.29) is 11.7 Å². The molecule has 0 aliphatic carbocycles. The lowest BCUT2D eigenvalue weighted by Gasteiger charge is -2.35. The summed E-state index contributed by atoms with van der Waals surface area (Å²) >= 11 is 7.97. The molecule has 0 saturated heterocycles. The molecule has 3 amide bonds. The van der Waals surface area contributed by atoms with Gasteiger partial charge < -0.3 is 25.4 Å². The monoisotopic (exact) mass is 591 g/mol. The number of nitrogens with one attached hydrogen (secondary N) is 2. The van der Waals surface area contributed by atoms with Crippen LogP contribution in [0.1, 0.15) is 70.5 Å². The van der Waals surface area contributed by atoms with E-state index in [1.54, 1.807) is 56.8 Å². The SMILES string of the molecule is CCCCCN(C(=O)C(CCSC)NC(=O)OC(C)(C)C)C(C(=O)Nc1c(C)cccc1Cl)c1ccc(O)cc1. The van der Waals surface area contributed by atoms with Crippen molar-refractivity contribution in [3.63, 3.8) is 0 Å². The van der Waals surface area contributed by atoms with Crippen molar-refractivity contribution >= 4 is 47.0 Å². The maximum atomic E-state index is 14.2. The predicted molar refractivity (Wildman–Crippen MR) is 163 cm³/mol. The number of alkyl carbamates (subject to hydrolysis) is 1. The third kappa shape index (κ3) is 10.2. The topological polar surface area (TPSA) is 108 Å². The third-order valence-electron chi connectivity index (χ3n) is 6.12. The van der Waals surface area contributed by atoms with E-state index < -0.39 is 29.7 Å². The second-order valence-electron chi connectivity index (χ2n) is 10.6. The number of benzene rings is 2. The van der Waals surface area contributed by atoms with Crippen LogP contribution in [0.5, 0.6) is 5.75 Å². The Labute approximate surface area is 247 Å². The van der Waals surface area contributed by atoms with Gasteiger partial charge in [-0.15, -0.1) is 0 Å². The molecule has 2 rings (SSSR count). The molecule has 10 heteroatoms. The first-order valence-electron chi connectivity index (χ1n) is 13.5. The largest absolute Gasteiger partial charge is 0.508 e. The van der Waals surface area contributed by atoms with Crippen molar-refractivity contribution in [2.45, 2.75) is 78.0 Å². The van der Waals surface area contributed by atoms with Crippen molar-refractivity contribution < 1.29 is 24.2 Å². The zero-order valence-corrected chi connectivity index (χ0v) is 25.8. The Balaban J connectivity index is 2.55. The highest BCUT2D eigenvalue weighted by molar-refractivity contribution is 7.98. The van der Waals surface area contributed by atoms with Crippen LogP contribution in [0.2, 0.25) is 5.02 Å². The van der Waals surface area contributed by atoms with E-state index in [2.05, 4.69) is 17.6 Å². The normalized spacial score (nSPS) is 12.8. The van der Waals surface area contributed by atoms with Crippen molar-refractivity contribution in [1.82, 2.24) is 10.2 Å². The molecule has 0 bridgehead atoms. The van der Waals surface area contributed by atoms with Crippen LogP contribution >= 0.6 is 23.4 Å². The van der Waals surface area contributed by atoms with E-state index in [4.69, 9.17) is 16.3 Å². The van der Waals surface area contributed by atoms with E-state index in [1.165, 1.54) is 17.0 Å². The summed E-state index contributed by atoms with van der Waals surface area (Å²) in [5.74, 6) is -0.185. The van der Waals surface area contributed by atoms with Gasteiger partial charge in [0.1, 0.15) is 23.4 Å². The summed E-state index contributed by atoms with van der Waals surface area (Å²) < 4.78 is 5.44. The number of hydrogen-bond acceptors (Lipinski definition) is 6. The van der Waals surface area contributed by atoms with E-state index >= 15 is 0 Å². The number of carbonyl (C=O) groups is 3. The Hall–Kier alpha value is -2.91. The van der Waals surface area contributed by atoms with Crippen LogP contribution in [0.3, 0.4) is 0 Å². The molecule has 2 aromatic carbocycles. The van der Waals surface area contributed by atoms with Crippen molar-refractivity contribution in [2.75, 3.05) is 23.9 Å². The zero-order chi connectivity index (χ0) is 29.9. The molecule has 220 valence electrons. The van der Waals surface area contributed by atoms with Gasteiger partial charge in [-0.1, -0.05) is 55.6 Å². The molecule has 3 N–H and O–H groups in total. The summed E-state index contributed by atoms with van der Waals surface area (Å²) in [5.41, 5.74) is 1.02. The van der Waals surface area contributed by atoms with Crippen molar-refractivity contribution in [1.29, 1.82) is 0 Å². The Morgan fingerprint density at radius 2 is 1.77 bits per heavy atom. The van der Waals surface area contributed by atoms with Gasteiger partial charge in [0.25, 0.3) is 5.91 Å². The Kier molecular flexibility index (Phi) is 13.1. The molecule has 8 nitrogen and oxygen atoms in total. The molecule has 0 aliphatic heterocycles. The van der Waals surface area contributed by atoms with Crippen LogP contribution in [-0.4, -0.2) is 58.1 Å². The third-order valence-corrected chi connectivity index (χ3v) is 7.08. The molecular weight excluding hydrogens is 550 g/mol. The predicted octanol–water partition coefficient (Wildman–Crippen LogP) is 6.70. The van der Waals surface area contributed by atoms with Gasteiger partial charge in [-0.05, 0) is 81.9 Å². The Bertz CT molecular complexity index is 1120. The van der Waals surface area contributed by atoms with Gasteiger partial charge >= 0.3 is 6.09 Å². The first-order chi connectivity index (χ1) is 18.9. The van der Waals surface area contributed by atoms with Crippen molar-refractivity contribution in [2.24, 2.45) is 0 Å². The number of anilines is 1. The molecule has 0 spiro atoms. The highest BCUT2D eigenvalue weighted by atomic mass is 35.5. The van der Waals surface area contributed by atoms with Crippen LogP contribution in [-0.2, 0) is 14.3 Å². The molecule has 2 atom stereocenters. The number of nitrogens with zero attached hydrogens (tertiary/aromatic N) is 1. The minimum absolute atomic E-state index is 0.0400. The van der Waals surface area contributed by atoms with Crippen LogP contribution in [0.4, 0.5) is 10.5 Å². The molecule has 0 aliphatic rings. The van der Waals surface area contributed by atoms with Crippen LogP contribution in [0.15, 0.2) is 42.5 Å². The maximum absolute atomic E-state index is 14.2. The number of aromatic hydroxyl groups is 1. The lowest BCUT2D eigenvalue weighted by Crippen LogP contribution is -2.52. The number of halogens is 1. The molecule has 0 radical (unpaired) electrons. The van der Waals surface area contributed by atoms with Crippen LogP contribution < -0.4 is 10.6 Å². The standard InChI is InChI=1S/C30H42ClN3O5S/c1-7-8-9-18-34(28(37)24(17-19-40-6)32-29(38)39-30(3,4)5)26(21-13-15-22(35)16-14-21)27(36)33-25-20(2)11-10-12-23(25)31/h10-16,24,26,35H,7-9,17-19H2,1-6H3,(H,32,38)(H,33,36). The minimum atomic E-state index is -1.04. The summed E-state index contributed by atoms with van der Waals surface area (Å²) in [7, 11) is 0. The molecule has 2 unspecified atom stereocenters. The molecule has 0 fully saturated rings. The quantitative estimate of drug-likeness (QED) is 0.224. The average molecular weight is 592 g/mol. The van der Waals surface area contributed by atoms with E-state index in [0.717, 1.165) is 18.4 Å². The minimum Gasteiger partial charge on any atom is -0.508 e. The number of unbranched alkanes of at least 4 members (excludes halogenated alkanes) is 2. The number of phenolic OH excluding ortho intramolecular Hbond substituents is 1. The number of amides is 3. The fourth-order valence-electron chi connectivity index (χ4n) is 4.15. The second-order valence-corrected chi connectivity index (χ2v) is 12.0. The highest BCUT2D eigenvalue weighted by Crippen LogP contribution is 2.30. The second kappa shape index (κ2) is 15.8. The number of phenols is 1. The number of ether oxygens (including phenoxy) is 1. The number of para-hydroxylation sites is 1. The smallest absolute Gasteiger partial charge is 0.408 e. The number of thioether (sulfide) groups is 1. The molecule has 0 saturated carbocycles. The van der Waals surface area contributed by atoms with Crippen molar-refractivity contribution in [3.05, 3.63) is 58.6 Å². The fraction of sp³-hybridized carbons (Fsp3) is 0.500. The molecular formula is C30H42ClN3O5S. The van der Waals surface area contributed by atoms with Crippen molar-refractivity contribution in [3.8, 4) is 5.75 Å². The zero-order valence-electron chi connectivity index (χ0n) is 24.3. The summed E-state index contributed by atoms with van der Waals surface area (Å²) in [6, 6.07) is 9.58. The first-order valence-corrected chi connectivity index (χ1v) is 15.3. The van der Waals surface area contributed by atoms with Gasteiger partial charge in [0.2, 0.25) is 5.91 Å². The summed E-state index contributed by atoms with van der Waals surface area (Å²) in [6.07, 6.45) is 4.02.